The average molecular weight is 329 g/mol. The van der Waals surface area contributed by atoms with E-state index in [0.29, 0.717) is 4.47 Å². The fourth-order valence-electron chi connectivity index (χ4n) is 1.97. The van der Waals surface area contributed by atoms with Gasteiger partial charge in [-0.2, -0.15) is 0 Å². The van der Waals surface area contributed by atoms with Gasteiger partial charge in [0.05, 0.1) is 11.0 Å². The number of hydrogen-bond acceptors (Lipinski definition) is 2. The van der Waals surface area contributed by atoms with Crippen LogP contribution in [0.25, 0.3) is 0 Å². The van der Waals surface area contributed by atoms with Crippen molar-refractivity contribution in [3.05, 3.63) is 34.1 Å². The van der Waals surface area contributed by atoms with Gasteiger partial charge in [-0.05, 0) is 47.0 Å². The van der Waals surface area contributed by atoms with Crippen molar-refractivity contribution in [1.82, 2.24) is 10.2 Å². The number of benzene rings is 1. The summed E-state index contributed by atoms with van der Waals surface area (Å²) in [5.74, 6) is -1.04. The summed E-state index contributed by atoms with van der Waals surface area (Å²) >= 11 is 3.02. The largest absolute Gasteiger partial charge is 0.343 e. The number of rotatable bonds is 3. The van der Waals surface area contributed by atoms with Gasteiger partial charge in [-0.1, -0.05) is 0 Å². The molecular formula is C13H14BrFN2O2. The number of carbonyl (C=O) groups is 2. The summed E-state index contributed by atoms with van der Waals surface area (Å²) in [6.07, 6.45) is 2.02. The monoisotopic (exact) mass is 328 g/mol. The molecule has 0 unspecified atom stereocenters. The van der Waals surface area contributed by atoms with Gasteiger partial charge >= 0.3 is 0 Å². The molecular weight excluding hydrogens is 315 g/mol. The molecule has 0 aliphatic carbocycles. The zero-order valence-corrected chi connectivity index (χ0v) is 11.9. The first-order valence-corrected chi connectivity index (χ1v) is 6.88. The molecule has 1 aromatic rings. The van der Waals surface area contributed by atoms with E-state index in [2.05, 4.69) is 21.2 Å². The molecule has 0 saturated carbocycles. The first-order chi connectivity index (χ1) is 9.08. The van der Waals surface area contributed by atoms with E-state index in [0.717, 1.165) is 32.0 Å². The first-order valence-electron chi connectivity index (χ1n) is 6.09. The van der Waals surface area contributed by atoms with E-state index in [4.69, 9.17) is 0 Å². The summed E-state index contributed by atoms with van der Waals surface area (Å²) in [6.45, 7) is 1.46. The molecule has 0 spiro atoms. The van der Waals surface area contributed by atoms with Gasteiger partial charge in [-0.15, -0.1) is 0 Å². The molecule has 0 radical (unpaired) electrons. The highest BCUT2D eigenvalue weighted by Gasteiger charge is 2.18. The lowest BCUT2D eigenvalue weighted by molar-refractivity contribution is -0.129. The van der Waals surface area contributed by atoms with E-state index >= 15 is 0 Å². The first kappa shape index (κ1) is 14.0. The fourth-order valence-corrected chi connectivity index (χ4v) is 2.22. The third kappa shape index (κ3) is 3.53. The second-order valence-corrected chi connectivity index (χ2v) is 5.25. The Labute approximate surface area is 119 Å². The molecule has 1 heterocycles. The summed E-state index contributed by atoms with van der Waals surface area (Å²) in [5.41, 5.74) is 0.204. The molecule has 1 fully saturated rings. The highest BCUT2D eigenvalue weighted by Crippen LogP contribution is 2.16. The number of carbonyl (C=O) groups excluding carboxylic acids is 2. The third-order valence-electron chi connectivity index (χ3n) is 3.04. The molecule has 2 amide bonds. The number of halogens is 2. The second-order valence-electron chi connectivity index (χ2n) is 4.40. The normalized spacial score (nSPS) is 14.5. The number of hydrogen-bond donors (Lipinski definition) is 1. The zero-order chi connectivity index (χ0) is 13.8. The molecule has 1 aromatic carbocycles. The standard InChI is InChI=1S/C13H14BrFN2O2/c14-10-4-3-9(7-11(10)15)13(19)16-8-12(18)17-5-1-2-6-17/h3-4,7H,1-2,5-6,8H2,(H,16,19). The summed E-state index contributed by atoms with van der Waals surface area (Å²) in [6, 6.07) is 4.11. The molecule has 4 nitrogen and oxygen atoms in total. The van der Waals surface area contributed by atoms with Crippen molar-refractivity contribution in [2.45, 2.75) is 12.8 Å². The van der Waals surface area contributed by atoms with Crippen LogP contribution in [0.2, 0.25) is 0 Å². The minimum Gasteiger partial charge on any atom is -0.343 e. The van der Waals surface area contributed by atoms with Gasteiger partial charge in [0.15, 0.2) is 0 Å². The van der Waals surface area contributed by atoms with E-state index in [9.17, 15) is 14.0 Å². The second kappa shape index (κ2) is 6.14. The van der Waals surface area contributed by atoms with Gasteiger partial charge in [0.1, 0.15) is 5.82 Å². The van der Waals surface area contributed by atoms with Crippen molar-refractivity contribution in [1.29, 1.82) is 0 Å². The average Bonchev–Trinajstić information content (AvgIpc) is 2.92. The summed E-state index contributed by atoms with van der Waals surface area (Å²) in [7, 11) is 0. The smallest absolute Gasteiger partial charge is 0.251 e. The molecule has 0 atom stereocenters. The Morgan fingerprint density at radius 1 is 1.32 bits per heavy atom. The van der Waals surface area contributed by atoms with Gasteiger partial charge in [0, 0.05) is 18.7 Å². The predicted molar refractivity (Wildman–Crippen MR) is 72.2 cm³/mol. The van der Waals surface area contributed by atoms with Crippen LogP contribution in [0.5, 0.6) is 0 Å². The van der Waals surface area contributed by atoms with E-state index in [1.807, 2.05) is 0 Å². The van der Waals surface area contributed by atoms with Crippen LogP contribution >= 0.6 is 15.9 Å². The van der Waals surface area contributed by atoms with E-state index < -0.39 is 11.7 Å². The van der Waals surface area contributed by atoms with Crippen LogP contribution in [0.4, 0.5) is 4.39 Å². The Balaban J connectivity index is 1.90. The Hall–Kier alpha value is -1.43. The van der Waals surface area contributed by atoms with Crippen LogP contribution in [0.3, 0.4) is 0 Å². The van der Waals surface area contributed by atoms with Gasteiger partial charge in [0.2, 0.25) is 5.91 Å². The summed E-state index contributed by atoms with van der Waals surface area (Å²) in [4.78, 5) is 25.2. The molecule has 6 heteroatoms. The van der Waals surface area contributed by atoms with Crippen molar-refractivity contribution < 1.29 is 14.0 Å². The molecule has 2 rings (SSSR count). The number of nitrogens with zero attached hydrogens (tertiary/aromatic N) is 1. The van der Waals surface area contributed by atoms with E-state index in [1.54, 1.807) is 4.90 Å². The van der Waals surface area contributed by atoms with Crippen LogP contribution < -0.4 is 5.32 Å². The maximum Gasteiger partial charge on any atom is 0.251 e. The highest BCUT2D eigenvalue weighted by molar-refractivity contribution is 9.10. The molecule has 1 aliphatic heterocycles. The Morgan fingerprint density at radius 2 is 2.00 bits per heavy atom. The predicted octanol–water partition coefficient (Wildman–Crippen LogP) is 1.94. The Bertz CT molecular complexity index is 501. The van der Waals surface area contributed by atoms with Crippen molar-refractivity contribution in [3.63, 3.8) is 0 Å². The minimum atomic E-state index is -0.501. The molecule has 1 N–H and O–H groups in total. The number of likely N-dealkylation sites (tertiary alicyclic amines) is 1. The lowest BCUT2D eigenvalue weighted by Crippen LogP contribution is -2.38. The lowest BCUT2D eigenvalue weighted by atomic mass is 10.2. The van der Waals surface area contributed by atoms with Crippen molar-refractivity contribution in [2.75, 3.05) is 19.6 Å². The third-order valence-corrected chi connectivity index (χ3v) is 3.68. The SMILES string of the molecule is O=C(NCC(=O)N1CCCC1)c1ccc(Br)c(F)c1. The fraction of sp³-hybridized carbons (Fsp3) is 0.385. The van der Waals surface area contributed by atoms with Gasteiger partial charge in [-0.3, -0.25) is 9.59 Å². The van der Waals surface area contributed by atoms with E-state index in [1.165, 1.54) is 12.1 Å². The zero-order valence-electron chi connectivity index (χ0n) is 10.3. The topological polar surface area (TPSA) is 49.4 Å². The maximum absolute atomic E-state index is 13.3. The molecule has 0 bridgehead atoms. The van der Waals surface area contributed by atoms with Crippen LogP contribution in [0.15, 0.2) is 22.7 Å². The number of amides is 2. The van der Waals surface area contributed by atoms with Crippen LogP contribution in [-0.4, -0.2) is 36.3 Å². The highest BCUT2D eigenvalue weighted by atomic mass is 79.9. The van der Waals surface area contributed by atoms with Crippen LogP contribution in [0, 0.1) is 5.82 Å². The Morgan fingerprint density at radius 3 is 2.63 bits per heavy atom. The lowest BCUT2D eigenvalue weighted by Gasteiger charge is -2.15. The van der Waals surface area contributed by atoms with Crippen LogP contribution in [0.1, 0.15) is 23.2 Å². The molecule has 1 saturated heterocycles. The molecule has 0 aromatic heterocycles. The van der Waals surface area contributed by atoms with Crippen molar-refractivity contribution in [3.8, 4) is 0 Å². The summed E-state index contributed by atoms with van der Waals surface area (Å²) in [5, 5.41) is 2.51. The van der Waals surface area contributed by atoms with Gasteiger partial charge in [0.25, 0.3) is 5.91 Å². The summed E-state index contributed by atoms with van der Waals surface area (Å²) < 4.78 is 13.6. The van der Waals surface area contributed by atoms with Crippen molar-refractivity contribution in [2.24, 2.45) is 0 Å². The molecule has 1 aliphatic rings. The van der Waals surface area contributed by atoms with E-state index in [-0.39, 0.29) is 18.0 Å². The molecule has 19 heavy (non-hydrogen) atoms. The van der Waals surface area contributed by atoms with Crippen molar-refractivity contribution >= 4 is 27.7 Å². The quantitative estimate of drug-likeness (QED) is 0.921. The minimum absolute atomic E-state index is 0.0451. The van der Waals surface area contributed by atoms with Gasteiger partial charge in [-0.25, -0.2) is 4.39 Å². The van der Waals surface area contributed by atoms with Crippen LogP contribution in [-0.2, 0) is 4.79 Å². The number of nitrogens with one attached hydrogen (secondary N) is 1. The Kier molecular flexibility index (Phi) is 4.52. The molecule has 102 valence electrons. The maximum atomic E-state index is 13.3. The van der Waals surface area contributed by atoms with Gasteiger partial charge < -0.3 is 10.2 Å².